The van der Waals surface area contributed by atoms with Crippen LogP contribution in [0.1, 0.15) is 19.8 Å². The molecule has 0 atom stereocenters. The molecule has 1 aliphatic rings. The zero-order chi connectivity index (χ0) is 11.6. The van der Waals surface area contributed by atoms with Crippen molar-refractivity contribution in [2.45, 2.75) is 30.7 Å². The van der Waals surface area contributed by atoms with Crippen LogP contribution in [0.25, 0.3) is 0 Å². The second-order valence-corrected chi connectivity index (χ2v) is 5.38. The van der Waals surface area contributed by atoms with Gasteiger partial charge in [-0.3, -0.25) is 0 Å². The number of rotatable bonds is 5. The lowest BCUT2D eigenvalue weighted by atomic mass is 10.6. The van der Waals surface area contributed by atoms with Crippen LogP contribution in [0.15, 0.2) is 17.3 Å². The Labute approximate surface area is 94.6 Å². The van der Waals surface area contributed by atoms with Gasteiger partial charge in [0.2, 0.25) is 16.0 Å². The first-order valence-corrected chi connectivity index (χ1v) is 6.68. The summed E-state index contributed by atoms with van der Waals surface area (Å²) in [6.45, 7) is 2.62. The Morgan fingerprint density at radius 3 is 2.50 bits per heavy atom. The van der Waals surface area contributed by atoms with Gasteiger partial charge in [-0.1, -0.05) is 0 Å². The third kappa shape index (κ3) is 2.67. The van der Waals surface area contributed by atoms with Crippen molar-refractivity contribution in [3.05, 3.63) is 12.4 Å². The second-order valence-electron chi connectivity index (χ2n) is 3.67. The number of nitrogens with zero attached hydrogens (tertiary/aromatic N) is 2. The molecular formula is C9H14N4O2S. The molecule has 1 aliphatic carbocycles. The molecule has 0 aliphatic heterocycles. The normalized spacial score (nSPS) is 16.1. The van der Waals surface area contributed by atoms with E-state index in [1.165, 1.54) is 12.4 Å². The van der Waals surface area contributed by atoms with Gasteiger partial charge in [0.25, 0.3) is 0 Å². The molecule has 2 N–H and O–H groups in total. The topological polar surface area (TPSA) is 84.0 Å². The Morgan fingerprint density at radius 1 is 1.38 bits per heavy atom. The summed E-state index contributed by atoms with van der Waals surface area (Å²) in [7, 11) is -3.43. The van der Waals surface area contributed by atoms with Crippen LogP contribution in [0.5, 0.6) is 0 Å². The zero-order valence-electron chi connectivity index (χ0n) is 8.97. The van der Waals surface area contributed by atoms with Gasteiger partial charge in [-0.2, -0.15) is 0 Å². The largest absolute Gasteiger partial charge is 0.355 e. The molecule has 0 amide bonds. The summed E-state index contributed by atoms with van der Waals surface area (Å²) < 4.78 is 26.1. The van der Waals surface area contributed by atoms with Crippen molar-refractivity contribution < 1.29 is 8.42 Å². The molecule has 0 spiro atoms. The molecule has 2 rings (SSSR count). The molecule has 1 aromatic heterocycles. The summed E-state index contributed by atoms with van der Waals surface area (Å²) >= 11 is 0. The molecule has 0 bridgehead atoms. The number of hydrogen-bond donors (Lipinski definition) is 2. The molecular weight excluding hydrogens is 228 g/mol. The molecule has 1 saturated carbocycles. The third-order valence-corrected chi connectivity index (χ3v) is 3.65. The van der Waals surface area contributed by atoms with Gasteiger partial charge in [0, 0.05) is 12.6 Å². The van der Waals surface area contributed by atoms with E-state index in [0.717, 1.165) is 12.8 Å². The first kappa shape index (κ1) is 11.3. The zero-order valence-corrected chi connectivity index (χ0v) is 9.79. The molecule has 7 heteroatoms. The maximum Gasteiger partial charge on any atom is 0.243 e. The lowest BCUT2D eigenvalue weighted by Gasteiger charge is -2.05. The average Bonchev–Trinajstić information content (AvgIpc) is 3.02. The van der Waals surface area contributed by atoms with E-state index >= 15 is 0 Å². The van der Waals surface area contributed by atoms with Crippen molar-refractivity contribution in [1.82, 2.24) is 14.7 Å². The third-order valence-electron chi connectivity index (χ3n) is 2.17. The number of hydrogen-bond acceptors (Lipinski definition) is 5. The standard InChI is InChI=1S/C9H14N4O2S/c1-2-10-9-11-5-8(6-12-9)16(14,15)13-7-3-4-7/h5-7,13H,2-4H2,1H3,(H,10,11,12). The van der Waals surface area contributed by atoms with E-state index in [1.54, 1.807) is 0 Å². The van der Waals surface area contributed by atoms with E-state index in [4.69, 9.17) is 0 Å². The highest BCUT2D eigenvalue weighted by Crippen LogP contribution is 2.21. The molecule has 0 aromatic carbocycles. The van der Waals surface area contributed by atoms with Gasteiger partial charge < -0.3 is 5.32 Å². The highest BCUT2D eigenvalue weighted by atomic mass is 32.2. The Kier molecular flexibility index (Phi) is 3.06. The minimum absolute atomic E-state index is 0.0958. The molecule has 1 heterocycles. The Hall–Kier alpha value is -1.21. The van der Waals surface area contributed by atoms with Gasteiger partial charge in [-0.05, 0) is 19.8 Å². The Balaban J connectivity index is 2.13. The number of aromatic nitrogens is 2. The molecule has 1 fully saturated rings. The van der Waals surface area contributed by atoms with Crippen LogP contribution in [0.3, 0.4) is 0 Å². The molecule has 88 valence electrons. The van der Waals surface area contributed by atoms with Gasteiger partial charge in [0.05, 0.1) is 12.4 Å². The van der Waals surface area contributed by atoms with Gasteiger partial charge >= 0.3 is 0 Å². The van der Waals surface area contributed by atoms with Crippen LogP contribution in [0.4, 0.5) is 5.95 Å². The van der Waals surface area contributed by atoms with Gasteiger partial charge in [0.1, 0.15) is 4.90 Å². The van der Waals surface area contributed by atoms with Crippen molar-refractivity contribution >= 4 is 16.0 Å². The van der Waals surface area contributed by atoms with E-state index in [0.29, 0.717) is 12.5 Å². The SMILES string of the molecule is CCNc1ncc(S(=O)(=O)NC2CC2)cn1. The number of nitrogens with one attached hydrogen (secondary N) is 2. The maximum absolute atomic E-state index is 11.7. The van der Waals surface area contributed by atoms with Gasteiger partial charge in [-0.25, -0.2) is 23.1 Å². The molecule has 0 radical (unpaired) electrons. The number of anilines is 1. The summed E-state index contributed by atoms with van der Waals surface area (Å²) in [5.74, 6) is 0.438. The molecule has 0 saturated heterocycles. The van der Waals surface area contributed by atoms with Crippen LogP contribution in [0, 0.1) is 0 Å². The maximum atomic E-state index is 11.7. The van der Waals surface area contributed by atoms with E-state index < -0.39 is 10.0 Å². The van der Waals surface area contributed by atoms with Crippen molar-refractivity contribution in [1.29, 1.82) is 0 Å². The molecule has 0 unspecified atom stereocenters. The second kappa shape index (κ2) is 4.34. The molecule has 1 aromatic rings. The summed E-state index contributed by atoms with van der Waals surface area (Å²) in [5, 5.41) is 2.90. The van der Waals surface area contributed by atoms with Crippen LogP contribution in [0.2, 0.25) is 0 Å². The lowest BCUT2D eigenvalue weighted by Crippen LogP contribution is -2.26. The number of sulfonamides is 1. The summed E-state index contributed by atoms with van der Waals surface area (Å²) in [5.41, 5.74) is 0. The Morgan fingerprint density at radius 2 is 2.00 bits per heavy atom. The van der Waals surface area contributed by atoms with Gasteiger partial charge in [0.15, 0.2) is 0 Å². The van der Waals surface area contributed by atoms with E-state index in [1.807, 2.05) is 6.92 Å². The van der Waals surface area contributed by atoms with Crippen LogP contribution >= 0.6 is 0 Å². The lowest BCUT2D eigenvalue weighted by molar-refractivity contribution is 0.580. The predicted octanol–water partition coefficient (Wildman–Crippen LogP) is 0.349. The van der Waals surface area contributed by atoms with E-state index in [9.17, 15) is 8.42 Å². The predicted molar refractivity (Wildman–Crippen MR) is 59.5 cm³/mol. The highest BCUT2D eigenvalue weighted by Gasteiger charge is 2.28. The minimum Gasteiger partial charge on any atom is -0.355 e. The van der Waals surface area contributed by atoms with Crippen molar-refractivity contribution in [2.24, 2.45) is 0 Å². The van der Waals surface area contributed by atoms with E-state index in [-0.39, 0.29) is 10.9 Å². The van der Waals surface area contributed by atoms with E-state index in [2.05, 4.69) is 20.0 Å². The van der Waals surface area contributed by atoms with Crippen molar-refractivity contribution in [2.75, 3.05) is 11.9 Å². The van der Waals surface area contributed by atoms with Gasteiger partial charge in [-0.15, -0.1) is 0 Å². The fraction of sp³-hybridized carbons (Fsp3) is 0.556. The summed E-state index contributed by atoms with van der Waals surface area (Å²) in [6, 6.07) is 0.0958. The fourth-order valence-corrected chi connectivity index (χ4v) is 2.39. The molecule has 16 heavy (non-hydrogen) atoms. The quantitative estimate of drug-likeness (QED) is 0.778. The highest BCUT2D eigenvalue weighted by molar-refractivity contribution is 7.89. The summed E-state index contributed by atoms with van der Waals surface area (Å²) in [6.07, 6.45) is 4.45. The first-order valence-electron chi connectivity index (χ1n) is 5.20. The summed E-state index contributed by atoms with van der Waals surface area (Å²) in [4.78, 5) is 7.95. The van der Waals surface area contributed by atoms with Crippen molar-refractivity contribution in [3.63, 3.8) is 0 Å². The smallest absolute Gasteiger partial charge is 0.243 e. The van der Waals surface area contributed by atoms with Crippen molar-refractivity contribution in [3.8, 4) is 0 Å². The monoisotopic (exact) mass is 242 g/mol. The first-order chi connectivity index (χ1) is 7.62. The van der Waals surface area contributed by atoms with Crippen LogP contribution in [-0.4, -0.2) is 31.0 Å². The van der Waals surface area contributed by atoms with Crippen LogP contribution in [-0.2, 0) is 10.0 Å². The average molecular weight is 242 g/mol. The fourth-order valence-electron chi connectivity index (χ4n) is 1.19. The Bertz CT molecular complexity index is 453. The van der Waals surface area contributed by atoms with Crippen LogP contribution < -0.4 is 10.0 Å². The molecule has 6 nitrogen and oxygen atoms in total. The minimum atomic E-state index is -3.43.